The van der Waals surface area contributed by atoms with Crippen LogP contribution in [0.1, 0.15) is 41.7 Å². The molecule has 0 unspecified atom stereocenters. The molecule has 1 aliphatic carbocycles. The van der Waals surface area contributed by atoms with Gasteiger partial charge in [0.25, 0.3) is 0 Å². The fourth-order valence-corrected chi connectivity index (χ4v) is 3.55. The molecule has 1 heterocycles. The van der Waals surface area contributed by atoms with Gasteiger partial charge in [-0.2, -0.15) is 4.98 Å². The van der Waals surface area contributed by atoms with Gasteiger partial charge in [0, 0.05) is 11.4 Å². The van der Waals surface area contributed by atoms with Crippen LogP contribution in [-0.2, 0) is 0 Å². The Morgan fingerprint density at radius 1 is 1.50 bits per heavy atom. The summed E-state index contributed by atoms with van der Waals surface area (Å²) in [5.74, 6) is 0.430. The molecule has 1 aromatic rings. The Balaban J connectivity index is 2.19. The highest BCUT2D eigenvalue weighted by atomic mass is 32.2. The number of carbonyl (C=O) groups is 1. The number of aromatic amines is 1. The van der Waals surface area contributed by atoms with E-state index in [0.717, 1.165) is 5.75 Å². The fraction of sp³-hybridized carbons (Fsp3) is 0.583. The van der Waals surface area contributed by atoms with E-state index in [1.165, 1.54) is 37.4 Å². The van der Waals surface area contributed by atoms with Crippen molar-refractivity contribution in [3.8, 4) is 0 Å². The molecule has 1 fully saturated rings. The zero-order valence-electron chi connectivity index (χ0n) is 10.2. The van der Waals surface area contributed by atoms with E-state index in [1.54, 1.807) is 6.92 Å². The summed E-state index contributed by atoms with van der Waals surface area (Å²) in [6.07, 6.45) is 4.88. The summed E-state index contributed by atoms with van der Waals surface area (Å²) in [5.41, 5.74) is 0.0143. The van der Waals surface area contributed by atoms with Crippen LogP contribution < -0.4 is 5.69 Å². The van der Waals surface area contributed by atoms with Gasteiger partial charge in [-0.25, -0.2) is 9.59 Å². The average Bonchev–Trinajstić information content (AvgIpc) is 2.77. The van der Waals surface area contributed by atoms with Gasteiger partial charge in [-0.1, -0.05) is 12.8 Å². The largest absolute Gasteiger partial charge is 0.478 e. The molecule has 18 heavy (non-hydrogen) atoms. The molecular weight excluding hydrogens is 252 g/mol. The molecule has 0 radical (unpaired) electrons. The summed E-state index contributed by atoms with van der Waals surface area (Å²) in [7, 11) is 0. The quantitative estimate of drug-likeness (QED) is 0.645. The summed E-state index contributed by atoms with van der Waals surface area (Å²) in [5, 5.41) is 9.50. The van der Waals surface area contributed by atoms with E-state index in [9.17, 15) is 9.59 Å². The van der Waals surface area contributed by atoms with Crippen LogP contribution in [0.3, 0.4) is 0 Å². The van der Waals surface area contributed by atoms with Crippen molar-refractivity contribution in [3.63, 3.8) is 0 Å². The van der Waals surface area contributed by atoms with Crippen LogP contribution in [0.5, 0.6) is 0 Å². The van der Waals surface area contributed by atoms with Crippen LogP contribution in [0.25, 0.3) is 0 Å². The predicted octanol–water partition coefficient (Wildman–Crippen LogP) is 2.06. The van der Waals surface area contributed by atoms with Gasteiger partial charge in [-0.3, -0.25) is 0 Å². The molecule has 0 saturated heterocycles. The van der Waals surface area contributed by atoms with E-state index in [4.69, 9.17) is 5.11 Å². The van der Waals surface area contributed by atoms with Crippen molar-refractivity contribution >= 4 is 17.7 Å². The molecule has 5 nitrogen and oxygen atoms in total. The highest BCUT2D eigenvalue weighted by Gasteiger charge is 2.20. The van der Waals surface area contributed by atoms with Crippen molar-refractivity contribution in [2.45, 2.75) is 37.6 Å². The maximum Gasteiger partial charge on any atom is 0.346 e. The lowest BCUT2D eigenvalue weighted by Crippen LogP contribution is -2.18. The topological polar surface area (TPSA) is 83.0 Å². The highest BCUT2D eigenvalue weighted by molar-refractivity contribution is 7.99. The van der Waals surface area contributed by atoms with Gasteiger partial charge in [0.05, 0.1) is 0 Å². The number of nitrogens with zero attached hydrogens (tertiary/aromatic N) is 1. The first-order chi connectivity index (χ1) is 8.58. The number of hydrogen-bond donors (Lipinski definition) is 2. The molecule has 2 rings (SSSR count). The van der Waals surface area contributed by atoms with Crippen molar-refractivity contribution in [2.24, 2.45) is 5.92 Å². The molecule has 98 valence electrons. The predicted molar refractivity (Wildman–Crippen MR) is 69.2 cm³/mol. The lowest BCUT2D eigenvalue weighted by molar-refractivity contribution is 0.0690. The lowest BCUT2D eigenvalue weighted by Gasteiger charge is -2.10. The highest BCUT2D eigenvalue weighted by Crippen LogP contribution is 2.31. The maximum absolute atomic E-state index is 11.3. The van der Waals surface area contributed by atoms with Crippen LogP contribution in [-0.4, -0.2) is 26.8 Å². The molecule has 0 bridgehead atoms. The van der Waals surface area contributed by atoms with E-state index in [-0.39, 0.29) is 5.56 Å². The third kappa shape index (κ3) is 2.93. The van der Waals surface area contributed by atoms with Crippen molar-refractivity contribution in [1.82, 2.24) is 9.97 Å². The van der Waals surface area contributed by atoms with E-state index in [2.05, 4.69) is 9.97 Å². The molecule has 0 aliphatic heterocycles. The molecule has 2 N–H and O–H groups in total. The van der Waals surface area contributed by atoms with Crippen LogP contribution in [0.2, 0.25) is 0 Å². The van der Waals surface area contributed by atoms with Gasteiger partial charge in [0.2, 0.25) is 0 Å². The van der Waals surface area contributed by atoms with Gasteiger partial charge >= 0.3 is 11.7 Å². The molecular formula is C12H16N2O3S. The molecule has 0 atom stereocenters. The van der Waals surface area contributed by atoms with Crippen molar-refractivity contribution < 1.29 is 9.90 Å². The number of nitrogens with one attached hydrogen (secondary N) is 1. The van der Waals surface area contributed by atoms with E-state index >= 15 is 0 Å². The molecule has 6 heteroatoms. The Kier molecular flexibility index (Phi) is 4.06. The summed E-state index contributed by atoms with van der Waals surface area (Å²) in [6, 6.07) is 0. The van der Waals surface area contributed by atoms with E-state index in [1.807, 2.05) is 0 Å². The first kappa shape index (κ1) is 13.1. The standard InChI is InChI=1S/C12H16N2O3S/c1-7-9(11(15)16)10(14-12(17)13-7)18-6-8-4-2-3-5-8/h8H,2-6H2,1H3,(H,15,16)(H,13,14,17). The minimum absolute atomic E-state index is 0.123. The number of hydrogen-bond acceptors (Lipinski definition) is 4. The first-order valence-corrected chi connectivity index (χ1v) is 7.03. The second-order valence-electron chi connectivity index (χ2n) is 4.61. The molecule has 1 saturated carbocycles. The van der Waals surface area contributed by atoms with Gasteiger partial charge < -0.3 is 10.1 Å². The lowest BCUT2D eigenvalue weighted by atomic mass is 10.1. The summed E-state index contributed by atoms with van der Waals surface area (Å²) in [6.45, 7) is 1.59. The second kappa shape index (κ2) is 5.56. The second-order valence-corrected chi connectivity index (χ2v) is 5.62. The zero-order chi connectivity index (χ0) is 13.1. The van der Waals surface area contributed by atoms with Gasteiger partial charge in [0.1, 0.15) is 10.6 Å². The molecule has 0 aromatic carbocycles. The summed E-state index contributed by atoms with van der Waals surface area (Å²) < 4.78 is 0. The average molecular weight is 268 g/mol. The Labute approximate surface area is 109 Å². The third-order valence-corrected chi connectivity index (χ3v) is 4.44. The van der Waals surface area contributed by atoms with Gasteiger partial charge in [0.15, 0.2) is 0 Å². The van der Waals surface area contributed by atoms with Crippen LogP contribution in [0.15, 0.2) is 9.82 Å². The van der Waals surface area contributed by atoms with Gasteiger partial charge in [-0.15, -0.1) is 11.8 Å². The Morgan fingerprint density at radius 3 is 2.78 bits per heavy atom. The number of thioether (sulfide) groups is 1. The number of carboxylic acids is 1. The number of H-pyrrole nitrogens is 1. The minimum atomic E-state index is -1.04. The van der Waals surface area contributed by atoms with Crippen LogP contribution in [0, 0.1) is 12.8 Å². The molecule has 0 spiro atoms. The van der Waals surface area contributed by atoms with Gasteiger partial charge in [-0.05, 0) is 25.7 Å². The summed E-state index contributed by atoms with van der Waals surface area (Å²) >= 11 is 1.39. The maximum atomic E-state index is 11.3. The van der Waals surface area contributed by atoms with E-state index in [0.29, 0.717) is 16.6 Å². The smallest absolute Gasteiger partial charge is 0.346 e. The number of rotatable bonds is 4. The van der Waals surface area contributed by atoms with Crippen LogP contribution in [0.4, 0.5) is 0 Å². The van der Waals surface area contributed by atoms with Crippen molar-refractivity contribution in [3.05, 3.63) is 21.7 Å². The number of aryl methyl sites for hydroxylation is 1. The zero-order valence-corrected chi connectivity index (χ0v) is 11.0. The fourth-order valence-electron chi connectivity index (χ4n) is 2.29. The first-order valence-electron chi connectivity index (χ1n) is 6.05. The van der Waals surface area contributed by atoms with Crippen molar-refractivity contribution in [2.75, 3.05) is 5.75 Å². The number of carboxylic acid groups (broad SMARTS) is 1. The molecule has 1 aliphatic rings. The van der Waals surface area contributed by atoms with Crippen molar-refractivity contribution in [1.29, 1.82) is 0 Å². The summed E-state index contributed by atoms with van der Waals surface area (Å²) in [4.78, 5) is 28.7. The Morgan fingerprint density at radius 2 is 2.17 bits per heavy atom. The third-order valence-electron chi connectivity index (χ3n) is 3.23. The van der Waals surface area contributed by atoms with E-state index < -0.39 is 11.7 Å². The Bertz CT molecular complexity index is 507. The molecule has 1 aromatic heterocycles. The monoisotopic (exact) mass is 268 g/mol. The minimum Gasteiger partial charge on any atom is -0.478 e. The molecule has 0 amide bonds. The SMILES string of the molecule is Cc1[nH]c(=O)nc(SCC2CCCC2)c1C(=O)O. The Hall–Kier alpha value is -1.30. The van der Waals surface area contributed by atoms with Crippen LogP contribution >= 0.6 is 11.8 Å². The number of aromatic carboxylic acids is 1. The number of aromatic nitrogens is 2. The normalized spacial score (nSPS) is 16.1.